The minimum absolute atomic E-state index is 0.109. The normalized spacial score (nSPS) is 10.6. The maximum Gasteiger partial charge on any atom is 0.257 e. The summed E-state index contributed by atoms with van der Waals surface area (Å²) in [7, 11) is 0. The Morgan fingerprint density at radius 1 is 1.00 bits per heavy atom. The van der Waals surface area contributed by atoms with Crippen LogP contribution in [-0.2, 0) is 11.2 Å². The molecule has 0 fully saturated rings. The van der Waals surface area contributed by atoms with Crippen molar-refractivity contribution >= 4 is 45.7 Å². The van der Waals surface area contributed by atoms with Gasteiger partial charge in [-0.1, -0.05) is 66.3 Å². The number of thioether (sulfide) groups is 1. The van der Waals surface area contributed by atoms with Crippen molar-refractivity contribution in [2.75, 3.05) is 16.4 Å². The Morgan fingerprint density at radius 2 is 1.73 bits per heavy atom. The van der Waals surface area contributed by atoms with Gasteiger partial charge in [0, 0.05) is 11.3 Å². The first kappa shape index (κ1) is 22.0. The van der Waals surface area contributed by atoms with Gasteiger partial charge in [0.05, 0.1) is 5.75 Å². The molecule has 8 heteroatoms. The number of amides is 2. The molecule has 2 N–H and O–H groups in total. The van der Waals surface area contributed by atoms with Gasteiger partial charge < -0.3 is 5.32 Å². The second kappa shape index (κ2) is 10.9. The molecule has 2 aromatic carbocycles. The molecule has 0 bridgehead atoms. The average Bonchev–Trinajstić information content (AvgIpc) is 3.19. The van der Waals surface area contributed by atoms with Crippen molar-refractivity contribution < 1.29 is 9.59 Å². The van der Waals surface area contributed by atoms with Crippen LogP contribution in [0.3, 0.4) is 0 Å². The minimum atomic E-state index is -0.233. The first-order chi connectivity index (χ1) is 14.5. The van der Waals surface area contributed by atoms with Gasteiger partial charge in [-0.2, -0.15) is 0 Å². The van der Waals surface area contributed by atoms with Crippen LogP contribution < -0.4 is 10.6 Å². The minimum Gasteiger partial charge on any atom is -0.325 e. The van der Waals surface area contributed by atoms with Crippen LogP contribution in [0.4, 0.5) is 10.8 Å². The molecule has 0 saturated carbocycles. The van der Waals surface area contributed by atoms with E-state index in [0.717, 1.165) is 24.1 Å². The Labute approximate surface area is 184 Å². The van der Waals surface area contributed by atoms with Crippen molar-refractivity contribution in [3.63, 3.8) is 0 Å². The van der Waals surface area contributed by atoms with Crippen LogP contribution >= 0.6 is 23.1 Å². The number of hydrogen-bond donors (Lipinski definition) is 2. The number of aryl methyl sites for hydroxylation is 2. The fraction of sp³-hybridized carbons (Fsp3) is 0.273. The van der Waals surface area contributed by atoms with Gasteiger partial charge in [-0.25, -0.2) is 0 Å². The third-order valence-electron chi connectivity index (χ3n) is 4.32. The summed E-state index contributed by atoms with van der Waals surface area (Å²) in [5.41, 5.74) is 3.71. The topological polar surface area (TPSA) is 84.0 Å². The Bertz CT molecular complexity index is 985. The van der Waals surface area contributed by atoms with Crippen molar-refractivity contribution in [2.24, 2.45) is 0 Å². The molecule has 30 heavy (non-hydrogen) atoms. The van der Waals surface area contributed by atoms with Crippen LogP contribution in [-0.4, -0.2) is 27.8 Å². The second-order valence-electron chi connectivity index (χ2n) is 6.83. The number of unbranched alkanes of at least 4 members (excludes halogenated alkanes) is 1. The van der Waals surface area contributed by atoms with Gasteiger partial charge in [0.2, 0.25) is 11.0 Å². The number of hydrogen-bond acceptors (Lipinski definition) is 6. The number of aromatic nitrogens is 2. The molecule has 0 aliphatic rings. The Balaban J connectivity index is 1.46. The van der Waals surface area contributed by atoms with Gasteiger partial charge in [0.1, 0.15) is 0 Å². The van der Waals surface area contributed by atoms with Crippen LogP contribution in [0.5, 0.6) is 0 Å². The maximum absolute atomic E-state index is 12.2. The highest BCUT2D eigenvalue weighted by Gasteiger charge is 2.12. The zero-order chi connectivity index (χ0) is 21.3. The van der Waals surface area contributed by atoms with Gasteiger partial charge >= 0.3 is 0 Å². The first-order valence-corrected chi connectivity index (χ1v) is 11.6. The number of rotatable bonds is 9. The number of carbonyl (C=O) groups excluding carboxylic acids is 2. The summed E-state index contributed by atoms with van der Waals surface area (Å²) >= 11 is 2.53. The van der Waals surface area contributed by atoms with E-state index in [0.29, 0.717) is 15.0 Å². The molecular weight excluding hydrogens is 416 g/mol. The van der Waals surface area contributed by atoms with E-state index in [9.17, 15) is 9.59 Å². The molecule has 2 amide bonds. The number of anilines is 2. The highest BCUT2D eigenvalue weighted by atomic mass is 32.2. The summed E-state index contributed by atoms with van der Waals surface area (Å²) in [6.45, 7) is 4.14. The smallest absolute Gasteiger partial charge is 0.257 e. The van der Waals surface area contributed by atoms with E-state index in [1.54, 1.807) is 12.1 Å². The van der Waals surface area contributed by atoms with E-state index in [1.807, 2.05) is 43.3 Å². The number of nitrogens with zero attached hydrogens (tertiary/aromatic N) is 2. The molecular formula is C22H24N4O2S2. The Morgan fingerprint density at radius 3 is 2.43 bits per heavy atom. The molecule has 0 atom stereocenters. The molecule has 0 unspecified atom stereocenters. The highest BCUT2D eigenvalue weighted by Crippen LogP contribution is 2.26. The SMILES string of the molecule is CCCCc1ccc(NC(=O)CSc2nnc(NC(=O)c3ccc(C)cc3)s2)cc1. The molecule has 0 saturated heterocycles. The molecule has 156 valence electrons. The number of benzene rings is 2. The molecule has 6 nitrogen and oxygen atoms in total. The van der Waals surface area contributed by atoms with Crippen molar-refractivity contribution in [3.8, 4) is 0 Å². The lowest BCUT2D eigenvalue weighted by Crippen LogP contribution is -2.13. The van der Waals surface area contributed by atoms with Gasteiger partial charge in [0.25, 0.3) is 5.91 Å². The molecule has 3 rings (SSSR count). The third kappa shape index (κ3) is 6.67. The van der Waals surface area contributed by atoms with Gasteiger partial charge in [-0.15, -0.1) is 10.2 Å². The van der Waals surface area contributed by atoms with Crippen LogP contribution in [0.2, 0.25) is 0 Å². The molecule has 0 radical (unpaired) electrons. The molecule has 3 aromatic rings. The van der Waals surface area contributed by atoms with Gasteiger partial charge in [-0.3, -0.25) is 14.9 Å². The predicted octanol–water partition coefficient (Wildman–Crippen LogP) is 5.17. The highest BCUT2D eigenvalue weighted by molar-refractivity contribution is 8.01. The zero-order valence-corrected chi connectivity index (χ0v) is 18.6. The Kier molecular flexibility index (Phi) is 7.98. The second-order valence-corrected chi connectivity index (χ2v) is 9.03. The van der Waals surface area contributed by atoms with Crippen LogP contribution in [0.15, 0.2) is 52.9 Å². The molecule has 0 spiro atoms. The fourth-order valence-corrected chi connectivity index (χ4v) is 4.20. The number of carbonyl (C=O) groups is 2. The summed E-state index contributed by atoms with van der Waals surface area (Å²) in [6.07, 6.45) is 3.39. The largest absolute Gasteiger partial charge is 0.325 e. The summed E-state index contributed by atoms with van der Waals surface area (Å²) < 4.78 is 0.624. The lowest BCUT2D eigenvalue weighted by atomic mass is 10.1. The van der Waals surface area contributed by atoms with Gasteiger partial charge in [0.15, 0.2) is 4.34 Å². The molecule has 1 aromatic heterocycles. The average molecular weight is 441 g/mol. The summed E-state index contributed by atoms with van der Waals surface area (Å²) in [4.78, 5) is 24.4. The van der Waals surface area contributed by atoms with Crippen molar-refractivity contribution in [1.82, 2.24) is 10.2 Å². The summed E-state index contributed by atoms with van der Waals surface area (Å²) in [5, 5.41) is 14.0. The van der Waals surface area contributed by atoms with Crippen molar-refractivity contribution in [2.45, 2.75) is 37.4 Å². The Hall–Kier alpha value is -2.71. The van der Waals surface area contributed by atoms with E-state index in [4.69, 9.17) is 0 Å². The van der Waals surface area contributed by atoms with E-state index in [2.05, 4.69) is 27.8 Å². The molecule has 0 aliphatic heterocycles. The molecule has 1 heterocycles. The first-order valence-electron chi connectivity index (χ1n) is 9.76. The summed E-state index contributed by atoms with van der Waals surface area (Å²) in [5.74, 6) is -0.123. The van der Waals surface area contributed by atoms with E-state index >= 15 is 0 Å². The standard InChI is InChI=1S/C22H24N4O2S2/c1-3-4-5-16-8-12-18(13-9-16)23-19(27)14-29-22-26-25-21(30-22)24-20(28)17-10-6-15(2)7-11-17/h6-13H,3-5,14H2,1-2H3,(H,23,27)(H,24,25,28). The maximum atomic E-state index is 12.2. The van der Waals surface area contributed by atoms with Crippen LogP contribution in [0.25, 0.3) is 0 Å². The predicted molar refractivity (Wildman–Crippen MR) is 123 cm³/mol. The zero-order valence-electron chi connectivity index (χ0n) is 17.0. The third-order valence-corrected chi connectivity index (χ3v) is 6.30. The van der Waals surface area contributed by atoms with Crippen molar-refractivity contribution in [3.05, 3.63) is 65.2 Å². The molecule has 0 aliphatic carbocycles. The van der Waals surface area contributed by atoms with E-state index in [-0.39, 0.29) is 17.6 Å². The van der Waals surface area contributed by atoms with Crippen LogP contribution in [0.1, 0.15) is 41.3 Å². The van der Waals surface area contributed by atoms with Crippen molar-refractivity contribution in [1.29, 1.82) is 0 Å². The summed E-state index contributed by atoms with van der Waals surface area (Å²) in [6, 6.07) is 15.2. The quantitative estimate of drug-likeness (QED) is 0.354. The number of nitrogens with one attached hydrogen (secondary N) is 2. The lowest BCUT2D eigenvalue weighted by molar-refractivity contribution is -0.113. The van der Waals surface area contributed by atoms with E-state index in [1.165, 1.54) is 35.1 Å². The fourth-order valence-electron chi connectivity index (χ4n) is 2.65. The van der Waals surface area contributed by atoms with Crippen LogP contribution in [0, 0.1) is 6.92 Å². The van der Waals surface area contributed by atoms with E-state index < -0.39 is 0 Å². The monoisotopic (exact) mass is 440 g/mol. The lowest BCUT2D eigenvalue weighted by Gasteiger charge is -2.06. The van der Waals surface area contributed by atoms with Gasteiger partial charge in [-0.05, 0) is 49.6 Å².